The van der Waals surface area contributed by atoms with Gasteiger partial charge >= 0.3 is 5.97 Å². The summed E-state index contributed by atoms with van der Waals surface area (Å²) in [7, 11) is 0. The van der Waals surface area contributed by atoms with Crippen LogP contribution < -0.4 is 38.9 Å². The number of rotatable bonds is 16. The van der Waals surface area contributed by atoms with Crippen molar-refractivity contribution in [1.29, 1.82) is 0 Å². The van der Waals surface area contributed by atoms with Crippen molar-refractivity contribution in [3.63, 3.8) is 0 Å². The molecule has 1 aromatic carbocycles. The summed E-state index contributed by atoms with van der Waals surface area (Å²) in [6.07, 6.45) is -0.458. The molecule has 4 unspecified atom stereocenters. The highest BCUT2D eigenvalue weighted by molar-refractivity contribution is 5.96. The third-order valence-corrected chi connectivity index (χ3v) is 5.05. The molecule has 15 nitrogen and oxygen atoms in total. The maximum atomic E-state index is 13.0. The van der Waals surface area contributed by atoms with E-state index >= 15 is 0 Å². The molecular formula is C22H34N8O7. The maximum absolute atomic E-state index is 13.0. The van der Waals surface area contributed by atoms with Gasteiger partial charge in [0, 0.05) is 13.0 Å². The second-order valence-corrected chi connectivity index (χ2v) is 8.12. The number of carbonyl (C=O) groups excluding carboxylic acids is 4. The zero-order valence-corrected chi connectivity index (χ0v) is 20.1. The standard InChI is InChI=1S/C22H34N8O7/c23-13(11-31)18(33)28-14(7-4-8-27-22(25)26)19(34)29-15(10-17(24)32)20(35)30-16(21(36)37)9-12-5-2-1-3-6-12/h1-3,5-6,13-16,31H,4,7-11,23H2,(H2,24,32)(H,28,33)(H,29,34)(H,30,35)(H,36,37)(H4,25,26,27). The highest BCUT2D eigenvalue weighted by atomic mass is 16.4. The van der Waals surface area contributed by atoms with Gasteiger partial charge in [0.1, 0.15) is 24.2 Å². The number of carboxylic acids is 1. The number of amides is 4. The minimum Gasteiger partial charge on any atom is -0.480 e. The van der Waals surface area contributed by atoms with Crippen LogP contribution in [0.2, 0.25) is 0 Å². The van der Waals surface area contributed by atoms with Gasteiger partial charge in [-0.15, -0.1) is 0 Å². The second kappa shape index (κ2) is 15.7. The third kappa shape index (κ3) is 11.8. The van der Waals surface area contributed by atoms with Crippen LogP contribution in [0.5, 0.6) is 0 Å². The third-order valence-electron chi connectivity index (χ3n) is 5.05. The zero-order chi connectivity index (χ0) is 28.0. The van der Waals surface area contributed by atoms with E-state index in [2.05, 4.69) is 20.9 Å². The van der Waals surface area contributed by atoms with E-state index < -0.39 is 66.8 Å². The average molecular weight is 523 g/mol. The monoisotopic (exact) mass is 522 g/mol. The Bertz CT molecular complexity index is 969. The van der Waals surface area contributed by atoms with Crippen molar-refractivity contribution in [2.45, 2.75) is 49.9 Å². The highest BCUT2D eigenvalue weighted by Gasteiger charge is 2.31. The number of guanidine groups is 1. The van der Waals surface area contributed by atoms with E-state index in [9.17, 15) is 29.1 Å². The number of aliphatic carboxylic acids is 1. The fourth-order valence-electron chi connectivity index (χ4n) is 3.14. The van der Waals surface area contributed by atoms with E-state index in [1.807, 2.05) is 0 Å². The lowest BCUT2D eigenvalue weighted by Crippen LogP contribution is -2.58. The summed E-state index contributed by atoms with van der Waals surface area (Å²) in [4.78, 5) is 65.1. The first-order chi connectivity index (χ1) is 17.4. The van der Waals surface area contributed by atoms with Gasteiger partial charge in [-0.3, -0.25) is 24.2 Å². The van der Waals surface area contributed by atoms with Crippen LogP contribution >= 0.6 is 0 Å². The fraction of sp³-hybridized carbons (Fsp3) is 0.455. The van der Waals surface area contributed by atoms with Crippen molar-refractivity contribution >= 4 is 35.6 Å². The van der Waals surface area contributed by atoms with Crippen molar-refractivity contribution in [1.82, 2.24) is 16.0 Å². The number of aliphatic hydroxyl groups excluding tert-OH is 1. The SMILES string of the molecule is NC(=O)CC(NC(=O)C(CCCN=C(N)N)NC(=O)C(N)CO)C(=O)NC(Cc1ccccc1)C(=O)O. The number of nitrogens with zero attached hydrogens (tertiary/aromatic N) is 1. The van der Waals surface area contributed by atoms with E-state index in [1.165, 1.54) is 0 Å². The van der Waals surface area contributed by atoms with E-state index in [1.54, 1.807) is 30.3 Å². The van der Waals surface area contributed by atoms with E-state index in [4.69, 9.17) is 28.0 Å². The molecule has 0 aliphatic carbocycles. The quantitative estimate of drug-likeness (QED) is 0.0576. The molecule has 0 bridgehead atoms. The lowest BCUT2D eigenvalue weighted by atomic mass is 10.0. The van der Waals surface area contributed by atoms with Crippen molar-refractivity contribution in [2.75, 3.05) is 13.2 Å². The van der Waals surface area contributed by atoms with Gasteiger partial charge in [-0.2, -0.15) is 0 Å². The summed E-state index contributed by atoms with van der Waals surface area (Å²) in [5.41, 5.74) is 21.9. The summed E-state index contributed by atoms with van der Waals surface area (Å²) in [5, 5.41) is 25.6. The number of carboxylic acid groups (broad SMARTS) is 1. The number of primary amides is 1. The predicted molar refractivity (Wildman–Crippen MR) is 132 cm³/mol. The topological polar surface area (TPSA) is 278 Å². The summed E-state index contributed by atoms with van der Waals surface area (Å²) in [6.45, 7) is -0.558. The van der Waals surface area contributed by atoms with Gasteiger partial charge in [-0.25, -0.2) is 4.79 Å². The number of carbonyl (C=O) groups is 5. The van der Waals surface area contributed by atoms with Gasteiger partial charge in [-0.05, 0) is 18.4 Å². The van der Waals surface area contributed by atoms with Crippen LogP contribution in [-0.4, -0.2) is 83.1 Å². The van der Waals surface area contributed by atoms with Crippen LogP contribution in [0.1, 0.15) is 24.8 Å². The number of aliphatic imine (C=N–C) groups is 1. The minimum atomic E-state index is -1.54. The Labute approximate surface area is 213 Å². The molecule has 4 atom stereocenters. The van der Waals surface area contributed by atoms with Gasteiger partial charge in [0.2, 0.25) is 23.6 Å². The molecule has 4 amide bonds. The Hall–Kier alpha value is -4.24. The normalized spacial score (nSPS) is 13.8. The number of aliphatic hydroxyl groups is 1. The Morgan fingerprint density at radius 3 is 1.97 bits per heavy atom. The molecule has 0 saturated carbocycles. The van der Waals surface area contributed by atoms with Crippen LogP contribution in [0.25, 0.3) is 0 Å². The number of nitrogens with two attached hydrogens (primary N) is 4. The molecule has 0 saturated heterocycles. The van der Waals surface area contributed by atoms with Crippen LogP contribution in [0, 0.1) is 0 Å². The van der Waals surface area contributed by atoms with Gasteiger partial charge in [0.15, 0.2) is 5.96 Å². The van der Waals surface area contributed by atoms with E-state index in [0.717, 1.165) is 0 Å². The molecule has 0 fully saturated rings. The lowest BCUT2D eigenvalue weighted by Gasteiger charge is -2.24. The summed E-state index contributed by atoms with van der Waals surface area (Å²) >= 11 is 0. The Balaban J connectivity index is 3.02. The van der Waals surface area contributed by atoms with Crippen LogP contribution in [0.3, 0.4) is 0 Å². The molecule has 0 aliphatic heterocycles. The Kier molecular flexibility index (Phi) is 13.1. The number of hydrogen-bond acceptors (Lipinski definition) is 8. The van der Waals surface area contributed by atoms with Crippen LogP contribution in [0.4, 0.5) is 0 Å². The molecule has 13 N–H and O–H groups in total. The fourth-order valence-corrected chi connectivity index (χ4v) is 3.14. The Morgan fingerprint density at radius 1 is 0.865 bits per heavy atom. The number of hydrogen-bond donors (Lipinski definition) is 9. The molecular weight excluding hydrogens is 488 g/mol. The molecule has 1 aromatic rings. The number of benzene rings is 1. The first-order valence-electron chi connectivity index (χ1n) is 11.3. The lowest BCUT2D eigenvalue weighted by molar-refractivity contribution is -0.142. The molecule has 0 aromatic heterocycles. The largest absolute Gasteiger partial charge is 0.480 e. The summed E-state index contributed by atoms with van der Waals surface area (Å²) in [5.74, 6) is -5.12. The van der Waals surface area contributed by atoms with Crippen LogP contribution in [0.15, 0.2) is 35.3 Å². The van der Waals surface area contributed by atoms with Crippen molar-refractivity contribution in [3.05, 3.63) is 35.9 Å². The summed E-state index contributed by atoms with van der Waals surface area (Å²) in [6, 6.07) is 3.05. The van der Waals surface area contributed by atoms with E-state index in [-0.39, 0.29) is 31.8 Å². The van der Waals surface area contributed by atoms with E-state index in [0.29, 0.717) is 5.56 Å². The molecule has 0 heterocycles. The molecule has 0 spiro atoms. The molecule has 0 aliphatic rings. The van der Waals surface area contributed by atoms with Gasteiger partial charge in [-0.1, -0.05) is 30.3 Å². The molecule has 15 heteroatoms. The van der Waals surface area contributed by atoms with Crippen molar-refractivity contribution < 1.29 is 34.2 Å². The maximum Gasteiger partial charge on any atom is 0.326 e. The molecule has 37 heavy (non-hydrogen) atoms. The van der Waals surface area contributed by atoms with Crippen molar-refractivity contribution in [2.24, 2.45) is 27.9 Å². The molecule has 204 valence electrons. The van der Waals surface area contributed by atoms with Crippen LogP contribution in [-0.2, 0) is 30.4 Å². The molecule has 1 rings (SSSR count). The number of nitrogens with one attached hydrogen (secondary N) is 3. The molecule has 0 radical (unpaired) electrons. The highest BCUT2D eigenvalue weighted by Crippen LogP contribution is 2.06. The Morgan fingerprint density at radius 2 is 1.43 bits per heavy atom. The smallest absolute Gasteiger partial charge is 0.326 e. The van der Waals surface area contributed by atoms with Gasteiger partial charge < -0.3 is 49.1 Å². The van der Waals surface area contributed by atoms with Gasteiger partial charge in [0.05, 0.1) is 13.0 Å². The van der Waals surface area contributed by atoms with Crippen molar-refractivity contribution in [3.8, 4) is 0 Å². The minimum absolute atomic E-state index is 0.00315. The predicted octanol–water partition coefficient (Wildman–Crippen LogP) is -3.98. The van der Waals surface area contributed by atoms with Gasteiger partial charge in [0.25, 0.3) is 0 Å². The first-order valence-corrected chi connectivity index (χ1v) is 11.3. The first kappa shape index (κ1) is 30.8. The second-order valence-electron chi connectivity index (χ2n) is 8.12. The average Bonchev–Trinajstić information content (AvgIpc) is 2.84. The zero-order valence-electron chi connectivity index (χ0n) is 20.1. The summed E-state index contributed by atoms with van der Waals surface area (Å²) < 4.78 is 0.